The first-order valence-corrected chi connectivity index (χ1v) is 9.94. The van der Waals surface area contributed by atoms with Gasteiger partial charge in [0.25, 0.3) is 0 Å². The molecule has 0 amide bonds. The third-order valence-corrected chi connectivity index (χ3v) is 5.40. The van der Waals surface area contributed by atoms with Crippen molar-refractivity contribution in [1.29, 1.82) is 0 Å². The highest BCUT2D eigenvalue weighted by Crippen LogP contribution is 2.34. The van der Waals surface area contributed by atoms with Crippen LogP contribution in [0.5, 0.6) is 11.5 Å². The van der Waals surface area contributed by atoms with Crippen molar-refractivity contribution in [2.45, 2.75) is 44.4 Å². The fraction of sp³-hybridized carbons (Fsp3) is 0.444. The number of fused-ring (bicyclic) bond motifs is 1. The number of carbonyl (C=O) groups excluding carboxylic acids is 1. The first kappa shape index (κ1) is 20.2. The molecule has 150 valence electrons. The lowest BCUT2D eigenvalue weighted by atomic mass is 10.1. The number of nitrogens with two attached hydrogens (primary N) is 1. The molecule has 28 heavy (non-hydrogen) atoms. The zero-order chi connectivity index (χ0) is 20.3. The van der Waals surface area contributed by atoms with Gasteiger partial charge in [0.1, 0.15) is 24.8 Å². The van der Waals surface area contributed by atoms with Gasteiger partial charge in [0.05, 0.1) is 5.69 Å². The van der Waals surface area contributed by atoms with Crippen LogP contribution in [0.1, 0.15) is 29.9 Å². The first-order chi connectivity index (χ1) is 13.3. The van der Waals surface area contributed by atoms with Crippen molar-refractivity contribution in [3.8, 4) is 11.5 Å². The molecule has 10 heteroatoms. The maximum Gasteiger partial charge on any atom is 0.321 e. The molecule has 1 aromatic carbocycles. The molecule has 2 aromatic rings. The van der Waals surface area contributed by atoms with Gasteiger partial charge in [0.15, 0.2) is 17.3 Å². The molecule has 1 aromatic heterocycles. The second kappa shape index (κ2) is 8.61. The number of carbonyl (C=O) groups is 2. The Morgan fingerprint density at radius 3 is 2.71 bits per heavy atom. The predicted octanol–water partition coefficient (Wildman–Crippen LogP) is 1.35. The molecule has 2 heterocycles. The van der Waals surface area contributed by atoms with Crippen LogP contribution in [0.15, 0.2) is 24.4 Å². The number of aliphatic carboxylic acids is 1. The summed E-state index contributed by atoms with van der Waals surface area (Å²) >= 11 is 1.35. The molecule has 0 fully saturated rings. The van der Waals surface area contributed by atoms with Gasteiger partial charge < -0.3 is 20.3 Å². The summed E-state index contributed by atoms with van der Waals surface area (Å²) in [6.07, 6.45) is 1.52. The number of ether oxygens (including phenoxy) is 2. The molecule has 0 saturated carbocycles. The Hall–Kier alpha value is -2.59. The number of ketones is 1. The highest BCUT2D eigenvalue weighted by Gasteiger charge is 2.25. The van der Waals surface area contributed by atoms with Gasteiger partial charge in [0, 0.05) is 23.3 Å². The van der Waals surface area contributed by atoms with Crippen molar-refractivity contribution in [3.05, 3.63) is 35.7 Å². The lowest BCUT2D eigenvalue weighted by Crippen LogP contribution is -2.35. The molecule has 0 saturated heterocycles. The van der Waals surface area contributed by atoms with E-state index in [2.05, 4.69) is 10.3 Å². The standard InChI is InChI=1S/C18H22N4O5S/c1-10-11(2)27-17-5-12(3-4-16(17)26-10)15(23)7-22-6-13(20-21-22)8-28-9-14(19)18(24)25/h3-6,10-11,14H,7-9,19H2,1-2H3,(H,24,25). The fourth-order valence-electron chi connectivity index (χ4n) is 2.55. The number of nitrogens with zero attached hydrogens (tertiary/aromatic N) is 3. The summed E-state index contributed by atoms with van der Waals surface area (Å²) in [6, 6.07) is 4.21. The smallest absolute Gasteiger partial charge is 0.321 e. The highest BCUT2D eigenvalue weighted by atomic mass is 32.2. The number of Topliss-reactive ketones (excluding diaryl/α,β-unsaturated/α-hetero) is 1. The molecule has 0 radical (unpaired) electrons. The van der Waals surface area contributed by atoms with Crippen molar-refractivity contribution in [2.75, 3.05) is 5.75 Å². The Balaban J connectivity index is 1.58. The van der Waals surface area contributed by atoms with Crippen molar-refractivity contribution in [2.24, 2.45) is 5.73 Å². The van der Waals surface area contributed by atoms with E-state index in [-0.39, 0.29) is 30.3 Å². The monoisotopic (exact) mass is 406 g/mol. The lowest BCUT2D eigenvalue weighted by molar-refractivity contribution is -0.137. The Kier molecular flexibility index (Phi) is 6.20. The summed E-state index contributed by atoms with van der Waals surface area (Å²) in [5, 5.41) is 16.7. The normalized spacial score (nSPS) is 19.2. The van der Waals surface area contributed by atoms with Gasteiger partial charge >= 0.3 is 5.97 Å². The van der Waals surface area contributed by atoms with Crippen LogP contribution >= 0.6 is 11.8 Å². The van der Waals surface area contributed by atoms with Crippen molar-refractivity contribution >= 4 is 23.5 Å². The second-order valence-corrected chi connectivity index (χ2v) is 7.63. The average molecular weight is 406 g/mol. The number of aromatic nitrogens is 3. The largest absolute Gasteiger partial charge is 0.483 e. The van der Waals surface area contributed by atoms with Crippen LogP contribution in [0.25, 0.3) is 0 Å². The third-order valence-electron chi connectivity index (χ3n) is 4.31. The molecule has 3 unspecified atom stereocenters. The van der Waals surface area contributed by atoms with Crippen LogP contribution in [0, 0.1) is 0 Å². The van der Waals surface area contributed by atoms with Crippen LogP contribution in [0.3, 0.4) is 0 Å². The molecule has 1 aliphatic rings. The molecule has 3 atom stereocenters. The molecule has 3 N–H and O–H groups in total. The van der Waals surface area contributed by atoms with Crippen LogP contribution < -0.4 is 15.2 Å². The topological polar surface area (TPSA) is 130 Å². The minimum Gasteiger partial charge on any atom is -0.483 e. The maximum absolute atomic E-state index is 12.6. The second-order valence-electron chi connectivity index (χ2n) is 6.60. The molecule has 0 aliphatic carbocycles. The summed E-state index contributed by atoms with van der Waals surface area (Å²) in [6.45, 7) is 3.89. The number of rotatable bonds is 8. The van der Waals surface area contributed by atoms with E-state index < -0.39 is 12.0 Å². The first-order valence-electron chi connectivity index (χ1n) is 8.79. The fourth-order valence-corrected chi connectivity index (χ4v) is 3.40. The van der Waals surface area contributed by atoms with Gasteiger partial charge in [-0.2, -0.15) is 11.8 Å². The number of hydrogen-bond acceptors (Lipinski definition) is 8. The Labute approximate surface area is 166 Å². The van der Waals surface area contributed by atoms with E-state index >= 15 is 0 Å². The van der Waals surface area contributed by atoms with Crippen LogP contribution in [0.4, 0.5) is 0 Å². The van der Waals surface area contributed by atoms with Gasteiger partial charge in [0.2, 0.25) is 0 Å². The number of benzene rings is 1. The van der Waals surface area contributed by atoms with Crippen LogP contribution in [0.2, 0.25) is 0 Å². The molecule has 3 rings (SSSR count). The Bertz CT molecular complexity index is 871. The number of carboxylic acids is 1. The van der Waals surface area contributed by atoms with E-state index in [1.165, 1.54) is 16.4 Å². The van der Waals surface area contributed by atoms with Gasteiger partial charge in [-0.05, 0) is 32.0 Å². The SMILES string of the molecule is CC1Oc2ccc(C(=O)Cn3cc(CSCC(N)C(=O)O)nn3)cc2OC1C. The van der Waals surface area contributed by atoms with E-state index in [9.17, 15) is 9.59 Å². The van der Waals surface area contributed by atoms with E-state index in [4.69, 9.17) is 20.3 Å². The molecular weight excluding hydrogens is 384 g/mol. The summed E-state index contributed by atoms with van der Waals surface area (Å²) in [7, 11) is 0. The van der Waals surface area contributed by atoms with E-state index in [1.807, 2.05) is 13.8 Å². The van der Waals surface area contributed by atoms with Gasteiger partial charge in [-0.25, -0.2) is 4.68 Å². The highest BCUT2D eigenvalue weighted by molar-refractivity contribution is 7.98. The minimum atomic E-state index is -1.04. The molecular formula is C18H22N4O5S. The van der Waals surface area contributed by atoms with Gasteiger partial charge in [-0.15, -0.1) is 5.10 Å². The summed E-state index contributed by atoms with van der Waals surface area (Å²) in [5.74, 6) is 0.758. The van der Waals surface area contributed by atoms with Crippen LogP contribution in [-0.2, 0) is 17.1 Å². The Morgan fingerprint density at radius 2 is 2.00 bits per heavy atom. The summed E-state index contributed by atoms with van der Waals surface area (Å²) < 4.78 is 13.0. The van der Waals surface area contributed by atoms with E-state index in [0.717, 1.165) is 0 Å². The molecule has 1 aliphatic heterocycles. The summed E-state index contributed by atoms with van der Waals surface area (Å²) in [5.41, 5.74) is 6.61. The summed E-state index contributed by atoms with van der Waals surface area (Å²) in [4.78, 5) is 23.3. The molecule has 0 spiro atoms. The van der Waals surface area contributed by atoms with E-state index in [1.54, 1.807) is 24.4 Å². The number of carboxylic acid groups (broad SMARTS) is 1. The van der Waals surface area contributed by atoms with Crippen molar-refractivity contribution < 1.29 is 24.2 Å². The zero-order valence-corrected chi connectivity index (χ0v) is 16.4. The van der Waals surface area contributed by atoms with Crippen LogP contribution in [-0.4, -0.2) is 55.9 Å². The predicted molar refractivity (Wildman–Crippen MR) is 103 cm³/mol. The van der Waals surface area contributed by atoms with Crippen molar-refractivity contribution in [1.82, 2.24) is 15.0 Å². The number of thioether (sulfide) groups is 1. The zero-order valence-electron chi connectivity index (χ0n) is 15.6. The lowest BCUT2D eigenvalue weighted by Gasteiger charge is -2.29. The number of hydrogen-bond donors (Lipinski definition) is 2. The van der Waals surface area contributed by atoms with Gasteiger partial charge in [-0.1, -0.05) is 5.21 Å². The Morgan fingerprint density at radius 1 is 1.29 bits per heavy atom. The van der Waals surface area contributed by atoms with Gasteiger partial charge in [-0.3, -0.25) is 9.59 Å². The quantitative estimate of drug-likeness (QED) is 0.624. The molecule has 0 bridgehead atoms. The van der Waals surface area contributed by atoms with Crippen molar-refractivity contribution in [3.63, 3.8) is 0 Å². The van der Waals surface area contributed by atoms with E-state index in [0.29, 0.717) is 28.5 Å². The third kappa shape index (κ3) is 4.82. The maximum atomic E-state index is 12.6. The molecule has 9 nitrogen and oxygen atoms in total. The minimum absolute atomic E-state index is 0.0396. The average Bonchev–Trinajstić information content (AvgIpc) is 3.09.